The summed E-state index contributed by atoms with van der Waals surface area (Å²) in [7, 11) is 0. The van der Waals surface area contributed by atoms with Gasteiger partial charge in [-0.3, -0.25) is 4.79 Å². The van der Waals surface area contributed by atoms with Crippen LogP contribution in [0.2, 0.25) is 0 Å². The number of halogens is 1. The molecule has 0 bridgehead atoms. The van der Waals surface area contributed by atoms with Gasteiger partial charge in [-0.2, -0.15) is 4.98 Å². The van der Waals surface area contributed by atoms with Crippen molar-refractivity contribution >= 4 is 5.91 Å². The molecule has 1 atom stereocenters. The van der Waals surface area contributed by atoms with Gasteiger partial charge in [0.1, 0.15) is 5.82 Å². The van der Waals surface area contributed by atoms with Crippen molar-refractivity contribution in [3.05, 3.63) is 71.9 Å². The number of amides is 1. The predicted octanol–water partition coefficient (Wildman–Crippen LogP) is 3.43. The molecule has 2 aromatic carbocycles. The molecule has 1 aliphatic heterocycles. The number of rotatable bonds is 4. The minimum absolute atomic E-state index is 0.0181. The fraction of sp³-hybridized carbons (Fsp3) is 0.250. The third kappa shape index (κ3) is 3.35. The maximum absolute atomic E-state index is 13.7. The molecule has 0 aliphatic carbocycles. The van der Waals surface area contributed by atoms with E-state index in [-0.39, 0.29) is 24.1 Å². The Kier molecular flexibility index (Phi) is 4.48. The molecule has 5 nitrogen and oxygen atoms in total. The largest absolute Gasteiger partial charge is 0.342 e. The van der Waals surface area contributed by atoms with Gasteiger partial charge in [-0.05, 0) is 18.1 Å². The summed E-state index contributed by atoms with van der Waals surface area (Å²) in [6.45, 7) is 1.13. The van der Waals surface area contributed by atoms with Crippen LogP contribution >= 0.6 is 0 Å². The number of carbonyl (C=O) groups excluding carboxylic acids is 1. The van der Waals surface area contributed by atoms with Crippen molar-refractivity contribution in [1.29, 1.82) is 0 Å². The molecule has 2 heterocycles. The normalized spacial score (nSPS) is 16.8. The van der Waals surface area contributed by atoms with E-state index in [1.54, 1.807) is 23.1 Å². The zero-order chi connectivity index (χ0) is 17.9. The second-order valence-corrected chi connectivity index (χ2v) is 6.42. The first-order valence-corrected chi connectivity index (χ1v) is 8.61. The molecule has 1 aliphatic rings. The maximum atomic E-state index is 13.7. The van der Waals surface area contributed by atoms with Crippen molar-refractivity contribution in [2.75, 3.05) is 13.1 Å². The van der Waals surface area contributed by atoms with E-state index in [4.69, 9.17) is 4.52 Å². The molecule has 3 aromatic rings. The molecule has 0 N–H and O–H groups in total. The lowest BCUT2D eigenvalue weighted by atomic mass is 10.1. The van der Waals surface area contributed by atoms with E-state index in [0.717, 1.165) is 12.0 Å². The Bertz CT molecular complexity index is 910. The average molecular weight is 351 g/mol. The van der Waals surface area contributed by atoms with Gasteiger partial charge in [0.25, 0.3) is 0 Å². The molecule has 0 unspecified atom stereocenters. The van der Waals surface area contributed by atoms with Gasteiger partial charge in [0, 0.05) is 18.7 Å². The first kappa shape index (κ1) is 16.4. The minimum atomic E-state index is -0.346. The Labute approximate surface area is 150 Å². The van der Waals surface area contributed by atoms with Crippen LogP contribution in [0.15, 0.2) is 59.1 Å². The second-order valence-electron chi connectivity index (χ2n) is 6.42. The van der Waals surface area contributed by atoms with Gasteiger partial charge in [-0.1, -0.05) is 53.7 Å². The van der Waals surface area contributed by atoms with Crippen LogP contribution in [0.5, 0.6) is 0 Å². The monoisotopic (exact) mass is 351 g/mol. The van der Waals surface area contributed by atoms with Crippen molar-refractivity contribution in [2.45, 2.75) is 18.8 Å². The number of hydrogen-bond donors (Lipinski definition) is 0. The van der Waals surface area contributed by atoms with E-state index in [2.05, 4.69) is 10.1 Å². The number of nitrogens with zero attached hydrogens (tertiary/aromatic N) is 3. The summed E-state index contributed by atoms with van der Waals surface area (Å²) in [5.41, 5.74) is 1.32. The number of hydrogen-bond acceptors (Lipinski definition) is 4. The predicted molar refractivity (Wildman–Crippen MR) is 93.8 cm³/mol. The Morgan fingerprint density at radius 2 is 1.92 bits per heavy atom. The first-order chi connectivity index (χ1) is 12.7. The third-order valence-electron chi connectivity index (χ3n) is 4.66. The fourth-order valence-corrected chi connectivity index (χ4v) is 3.21. The highest BCUT2D eigenvalue weighted by atomic mass is 19.1. The van der Waals surface area contributed by atoms with Crippen molar-refractivity contribution < 1.29 is 13.7 Å². The van der Waals surface area contributed by atoms with Crippen LogP contribution in [0, 0.1) is 5.82 Å². The van der Waals surface area contributed by atoms with E-state index < -0.39 is 0 Å². The molecule has 26 heavy (non-hydrogen) atoms. The summed E-state index contributed by atoms with van der Waals surface area (Å²) >= 11 is 0. The average Bonchev–Trinajstić information content (AvgIpc) is 3.34. The summed E-state index contributed by atoms with van der Waals surface area (Å²) in [4.78, 5) is 18.7. The highest BCUT2D eigenvalue weighted by molar-refractivity contribution is 5.79. The third-order valence-corrected chi connectivity index (χ3v) is 4.66. The first-order valence-electron chi connectivity index (χ1n) is 8.61. The summed E-state index contributed by atoms with van der Waals surface area (Å²) < 4.78 is 19.1. The van der Waals surface area contributed by atoms with E-state index in [0.29, 0.717) is 30.4 Å². The molecule has 0 radical (unpaired) electrons. The second kappa shape index (κ2) is 7.07. The summed E-state index contributed by atoms with van der Waals surface area (Å²) in [5, 5.41) is 4.04. The molecule has 0 spiro atoms. The van der Waals surface area contributed by atoms with Gasteiger partial charge < -0.3 is 9.42 Å². The quantitative estimate of drug-likeness (QED) is 0.722. The molecular formula is C20H18FN3O2. The van der Waals surface area contributed by atoms with Crippen LogP contribution in [0.1, 0.15) is 23.8 Å². The van der Waals surface area contributed by atoms with Crippen molar-refractivity contribution in [3.8, 4) is 11.4 Å². The van der Waals surface area contributed by atoms with Gasteiger partial charge in [-0.15, -0.1) is 0 Å². The lowest BCUT2D eigenvalue weighted by molar-refractivity contribution is -0.129. The van der Waals surface area contributed by atoms with Crippen molar-refractivity contribution in [2.24, 2.45) is 0 Å². The van der Waals surface area contributed by atoms with E-state index in [9.17, 15) is 9.18 Å². The Balaban J connectivity index is 1.42. The van der Waals surface area contributed by atoms with E-state index in [1.807, 2.05) is 30.3 Å². The lowest BCUT2D eigenvalue weighted by Crippen LogP contribution is -2.30. The van der Waals surface area contributed by atoms with Gasteiger partial charge in [0.05, 0.1) is 12.3 Å². The van der Waals surface area contributed by atoms with Gasteiger partial charge in [0.2, 0.25) is 17.6 Å². The van der Waals surface area contributed by atoms with E-state index in [1.165, 1.54) is 6.07 Å². The van der Waals surface area contributed by atoms with E-state index >= 15 is 0 Å². The van der Waals surface area contributed by atoms with Crippen LogP contribution in [-0.2, 0) is 11.2 Å². The van der Waals surface area contributed by atoms with Crippen LogP contribution in [0.3, 0.4) is 0 Å². The number of aromatic nitrogens is 2. The van der Waals surface area contributed by atoms with Gasteiger partial charge >= 0.3 is 0 Å². The lowest BCUT2D eigenvalue weighted by Gasteiger charge is -2.16. The van der Waals surface area contributed by atoms with Crippen molar-refractivity contribution in [3.63, 3.8) is 0 Å². The molecule has 132 valence electrons. The molecule has 1 fully saturated rings. The van der Waals surface area contributed by atoms with Gasteiger partial charge in [0.15, 0.2) is 0 Å². The smallest absolute Gasteiger partial charge is 0.231 e. The highest BCUT2D eigenvalue weighted by Gasteiger charge is 2.31. The van der Waals surface area contributed by atoms with Crippen LogP contribution in [0.4, 0.5) is 4.39 Å². The number of carbonyl (C=O) groups is 1. The molecule has 1 amide bonds. The van der Waals surface area contributed by atoms with Crippen LogP contribution < -0.4 is 0 Å². The SMILES string of the molecule is O=C(Cc1ccccc1F)N1CC[C@H](c2nc(-c3ccccc3)no2)C1. The molecule has 0 saturated carbocycles. The summed E-state index contributed by atoms with van der Waals surface area (Å²) in [6.07, 6.45) is 0.831. The van der Waals surface area contributed by atoms with Gasteiger partial charge in [-0.25, -0.2) is 4.39 Å². The Hall–Kier alpha value is -3.02. The molecule has 1 aromatic heterocycles. The zero-order valence-corrected chi connectivity index (χ0v) is 14.1. The van der Waals surface area contributed by atoms with Crippen LogP contribution in [-0.4, -0.2) is 34.0 Å². The topological polar surface area (TPSA) is 59.2 Å². The fourth-order valence-electron chi connectivity index (χ4n) is 3.21. The molecule has 6 heteroatoms. The van der Waals surface area contributed by atoms with Crippen LogP contribution in [0.25, 0.3) is 11.4 Å². The minimum Gasteiger partial charge on any atom is -0.342 e. The highest BCUT2D eigenvalue weighted by Crippen LogP contribution is 2.28. The molecule has 4 rings (SSSR count). The summed E-state index contributed by atoms with van der Waals surface area (Å²) in [5.74, 6) is 0.688. The molecule has 1 saturated heterocycles. The Morgan fingerprint density at radius 3 is 2.73 bits per heavy atom. The Morgan fingerprint density at radius 1 is 1.15 bits per heavy atom. The standard InChI is InChI=1S/C20H18FN3O2/c21-17-9-5-4-8-15(17)12-18(25)24-11-10-16(13-24)20-22-19(23-26-20)14-6-2-1-3-7-14/h1-9,16H,10-13H2/t16-/m0/s1. The number of likely N-dealkylation sites (tertiary alicyclic amines) is 1. The number of benzene rings is 2. The molecular weight excluding hydrogens is 333 g/mol. The summed E-state index contributed by atoms with van der Waals surface area (Å²) in [6, 6.07) is 16.0. The maximum Gasteiger partial charge on any atom is 0.231 e. The zero-order valence-electron chi connectivity index (χ0n) is 14.1. The van der Waals surface area contributed by atoms with Crippen molar-refractivity contribution in [1.82, 2.24) is 15.0 Å².